The van der Waals surface area contributed by atoms with Gasteiger partial charge in [0.2, 0.25) is 21.8 Å². The third kappa shape index (κ3) is 5.15. The van der Waals surface area contributed by atoms with Gasteiger partial charge in [0.15, 0.2) is 0 Å². The van der Waals surface area contributed by atoms with Crippen molar-refractivity contribution in [1.29, 1.82) is 0 Å². The number of nitrogens with one attached hydrogen (secondary N) is 1. The van der Waals surface area contributed by atoms with Crippen LogP contribution in [0.25, 0.3) is 0 Å². The summed E-state index contributed by atoms with van der Waals surface area (Å²) in [4.78, 5) is 28.1. The smallest absolute Gasteiger partial charge is 0.247 e. The summed E-state index contributed by atoms with van der Waals surface area (Å²) in [6.45, 7) is 2.40. The number of carbonyl (C=O) groups is 2. The van der Waals surface area contributed by atoms with E-state index in [2.05, 4.69) is 5.32 Å². The molecule has 11 heteroatoms. The topological polar surface area (TPSA) is 105 Å². The number of anilines is 1. The third-order valence-corrected chi connectivity index (χ3v) is 7.52. The summed E-state index contributed by atoms with van der Waals surface area (Å²) >= 11 is 0. The van der Waals surface area contributed by atoms with Gasteiger partial charge in [0.1, 0.15) is 22.9 Å². The Labute approximate surface area is 198 Å². The number of hydrogen-bond acceptors (Lipinski definition) is 6. The molecule has 1 saturated heterocycles. The molecule has 34 heavy (non-hydrogen) atoms. The van der Waals surface area contributed by atoms with E-state index in [4.69, 9.17) is 9.47 Å². The Morgan fingerprint density at radius 3 is 2.24 bits per heavy atom. The van der Waals surface area contributed by atoms with Crippen LogP contribution < -0.4 is 19.7 Å². The van der Waals surface area contributed by atoms with Gasteiger partial charge in [-0.15, -0.1) is 0 Å². The van der Waals surface area contributed by atoms with Crippen molar-refractivity contribution in [3.8, 4) is 11.5 Å². The van der Waals surface area contributed by atoms with Crippen molar-refractivity contribution in [2.24, 2.45) is 0 Å². The Morgan fingerprint density at radius 1 is 1.12 bits per heavy atom. The number of piperazine rings is 1. The zero-order chi connectivity index (χ0) is 25.1. The Bertz CT molecular complexity index is 1150. The molecular formula is C23H28FN3O6S. The number of rotatable bonds is 8. The highest BCUT2D eigenvalue weighted by molar-refractivity contribution is 7.89. The van der Waals surface area contributed by atoms with Gasteiger partial charge in [0.05, 0.1) is 32.2 Å². The molecule has 1 atom stereocenters. The molecule has 0 aliphatic carbocycles. The van der Waals surface area contributed by atoms with Crippen LogP contribution in [0.5, 0.6) is 11.5 Å². The van der Waals surface area contributed by atoms with E-state index in [1.807, 2.05) is 0 Å². The molecule has 1 fully saturated rings. The van der Waals surface area contributed by atoms with Gasteiger partial charge in [0, 0.05) is 31.3 Å². The lowest BCUT2D eigenvalue weighted by Gasteiger charge is -2.46. The van der Waals surface area contributed by atoms with E-state index in [-0.39, 0.29) is 18.8 Å². The minimum absolute atomic E-state index is 0.0681. The van der Waals surface area contributed by atoms with Crippen LogP contribution in [-0.2, 0) is 26.2 Å². The average Bonchev–Trinajstić information content (AvgIpc) is 2.82. The number of hydrogen-bond donors (Lipinski definition) is 1. The minimum atomic E-state index is -3.75. The molecule has 0 spiro atoms. The van der Waals surface area contributed by atoms with Crippen molar-refractivity contribution in [1.82, 2.24) is 9.62 Å². The van der Waals surface area contributed by atoms with Crippen molar-refractivity contribution >= 4 is 27.5 Å². The van der Waals surface area contributed by atoms with Gasteiger partial charge >= 0.3 is 0 Å². The summed E-state index contributed by atoms with van der Waals surface area (Å²) in [6.07, 6.45) is 0. The van der Waals surface area contributed by atoms with Crippen LogP contribution in [0.2, 0.25) is 0 Å². The Kier molecular flexibility index (Phi) is 7.47. The van der Waals surface area contributed by atoms with E-state index in [0.29, 0.717) is 22.7 Å². The number of carbonyl (C=O) groups excluding carboxylic acids is 2. The second kappa shape index (κ2) is 9.98. The molecular weight excluding hydrogens is 465 g/mol. The summed E-state index contributed by atoms with van der Waals surface area (Å²) in [5.74, 6) is -0.945. The fourth-order valence-corrected chi connectivity index (χ4v) is 4.97. The molecule has 0 saturated carbocycles. The molecule has 3 rings (SSSR count). The highest BCUT2D eigenvalue weighted by Crippen LogP contribution is 2.35. The Balaban J connectivity index is 2.02. The molecule has 184 valence electrons. The predicted octanol–water partition coefficient (Wildman–Crippen LogP) is 1.92. The zero-order valence-electron chi connectivity index (χ0n) is 19.5. The second-order valence-corrected chi connectivity index (χ2v) is 10.3. The maximum atomic E-state index is 13.5. The van der Waals surface area contributed by atoms with E-state index in [9.17, 15) is 22.4 Å². The first-order valence-electron chi connectivity index (χ1n) is 10.6. The van der Waals surface area contributed by atoms with Crippen LogP contribution in [-0.4, -0.2) is 63.1 Å². The van der Waals surface area contributed by atoms with Gasteiger partial charge in [-0.05, 0) is 31.5 Å². The molecule has 1 N–H and O–H groups in total. The summed E-state index contributed by atoms with van der Waals surface area (Å²) in [5.41, 5.74) is -0.614. The number of benzene rings is 2. The lowest BCUT2D eigenvalue weighted by atomic mass is 9.94. The first-order chi connectivity index (χ1) is 16.0. The molecule has 9 nitrogen and oxygen atoms in total. The second-order valence-electron chi connectivity index (χ2n) is 8.05. The molecule has 1 aliphatic heterocycles. The molecule has 1 heterocycles. The standard InChI is InChI=1S/C23H28FN3O6S/c1-5-34(30,31)26-14-21(28)27(18-10-19(32-3)12-20(11-18)33-4)23(2,15-26)22(29)25-13-16-6-8-17(24)9-7-16/h6-12H,5,13-15H2,1-4H3,(H,25,29). The fourth-order valence-electron chi connectivity index (χ4n) is 3.84. The van der Waals surface area contributed by atoms with Crippen LogP contribution in [0, 0.1) is 5.82 Å². The predicted molar refractivity (Wildman–Crippen MR) is 125 cm³/mol. The normalized spacial score (nSPS) is 19.1. The molecule has 2 amide bonds. The summed E-state index contributed by atoms with van der Waals surface area (Å²) in [6, 6.07) is 10.4. The first kappa shape index (κ1) is 25.4. The van der Waals surface area contributed by atoms with Gasteiger partial charge in [0.25, 0.3) is 0 Å². The van der Waals surface area contributed by atoms with E-state index in [0.717, 1.165) is 4.31 Å². The van der Waals surface area contributed by atoms with E-state index in [1.165, 1.54) is 57.2 Å². The lowest BCUT2D eigenvalue weighted by Crippen LogP contribution is -2.70. The van der Waals surface area contributed by atoms with Crippen LogP contribution in [0.15, 0.2) is 42.5 Å². The maximum Gasteiger partial charge on any atom is 0.247 e. The van der Waals surface area contributed by atoms with Crippen LogP contribution in [0.4, 0.5) is 10.1 Å². The molecule has 2 aromatic rings. The number of sulfonamides is 1. The lowest BCUT2D eigenvalue weighted by molar-refractivity contribution is -0.133. The van der Waals surface area contributed by atoms with E-state index >= 15 is 0 Å². The molecule has 2 aromatic carbocycles. The van der Waals surface area contributed by atoms with Crippen molar-refractivity contribution in [3.05, 3.63) is 53.8 Å². The number of ether oxygens (including phenoxy) is 2. The number of halogens is 1. The Morgan fingerprint density at radius 2 is 1.71 bits per heavy atom. The molecule has 1 aliphatic rings. The van der Waals surface area contributed by atoms with Gasteiger partial charge in [-0.1, -0.05) is 12.1 Å². The van der Waals surface area contributed by atoms with Crippen LogP contribution >= 0.6 is 0 Å². The first-order valence-corrected chi connectivity index (χ1v) is 12.2. The van der Waals surface area contributed by atoms with E-state index < -0.39 is 39.7 Å². The van der Waals surface area contributed by atoms with Gasteiger partial charge in [-0.25, -0.2) is 12.8 Å². The number of amides is 2. The van der Waals surface area contributed by atoms with Crippen molar-refractivity contribution in [2.45, 2.75) is 25.9 Å². The largest absolute Gasteiger partial charge is 0.497 e. The van der Waals surface area contributed by atoms with Gasteiger partial charge in [-0.3, -0.25) is 14.5 Å². The van der Waals surface area contributed by atoms with Crippen LogP contribution in [0.1, 0.15) is 19.4 Å². The maximum absolute atomic E-state index is 13.5. The molecule has 1 unspecified atom stereocenters. The average molecular weight is 494 g/mol. The monoisotopic (exact) mass is 493 g/mol. The van der Waals surface area contributed by atoms with Crippen molar-refractivity contribution in [3.63, 3.8) is 0 Å². The quantitative estimate of drug-likeness (QED) is 0.603. The van der Waals surface area contributed by atoms with E-state index in [1.54, 1.807) is 18.2 Å². The molecule has 0 aromatic heterocycles. The number of nitrogens with zero attached hydrogens (tertiary/aromatic N) is 2. The Hall–Kier alpha value is -3.18. The van der Waals surface area contributed by atoms with Gasteiger partial charge in [-0.2, -0.15) is 4.31 Å². The van der Waals surface area contributed by atoms with Crippen LogP contribution in [0.3, 0.4) is 0 Å². The summed E-state index contributed by atoms with van der Waals surface area (Å²) < 4.78 is 50.1. The van der Waals surface area contributed by atoms with Crippen molar-refractivity contribution in [2.75, 3.05) is 38.0 Å². The SMILES string of the molecule is CCS(=O)(=O)N1CC(=O)N(c2cc(OC)cc(OC)c2)C(C)(C(=O)NCc2ccc(F)cc2)C1. The highest BCUT2D eigenvalue weighted by Gasteiger charge is 2.50. The van der Waals surface area contributed by atoms with Crippen molar-refractivity contribution < 1.29 is 31.9 Å². The van der Waals surface area contributed by atoms with Gasteiger partial charge < -0.3 is 14.8 Å². The summed E-state index contributed by atoms with van der Waals surface area (Å²) in [7, 11) is -0.829. The molecule has 0 bridgehead atoms. The highest BCUT2D eigenvalue weighted by atomic mass is 32.2. The molecule has 0 radical (unpaired) electrons. The minimum Gasteiger partial charge on any atom is -0.497 e. The summed E-state index contributed by atoms with van der Waals surface area (Å²) in [5, 5.41) is 2.76. The number of methoxy groups -OCH3 is 2. The zero-order valence-corrected chi connectivity index (χ0v) is 20.3. The fraction of sp³-hybridized carbons (Fsp3) is 0.391. The third-order valence-electron chi connectivity index (χ3n) is 5.75.